The Hall–Kier alpha value is -1.14. The number of rotatable bonds is 9. The summed E-state index contributed by atoms with van der Waals surface area (Å²) >= 11 is 0. The van der Waals surface area contributed by atoms with Gasteiger partial charge in [-0.15, -0.1) is 0 Å². The number of unbranched alkanes of at least 4 members (excludes halogenated alkanes) is 4. The first-order chi connectivity index (χ1) is 8.66. The summed E-state index contributed by atoms with van der Waals surface area (Å²) in [5.74, 6) is -1.00. The van der Waals surface area contributed by atoms with Crippen LogP contribution in [-0.4, -0.2) is 35.7 Å². The quantitative estimate of drug-likeness (QED) is 0.382. The fourth-order valence-electron chi connectivity index (χ4n) is 1.89. The minimum Gasteiger partial charge on any atom is -0.481 e. The molecule has 0 aliphatic carbocycles. The van der Waals surface area contributed by atoms with Gasteiger partial charge in [0.05, 0.1) is 0 Å². The van der Waals surface area contributed by atoms with Gasteiger partial charge >= 0.3 is 11.9 Å². The van der Waals surface area contributed by atoms with Crippen molar-refractivity contribution in [2.75, 3.05) is 0 Å². The predicted molar refractivity (Wildman–Crippen MR) is 59.6 cm³/mol. The fraction of sp³-hybridized carbons (Fsp3) is 0.833. The highest BCUT2D eigenvalue weighted by Crippen LogP contribution is 2.40. The summed E-state index contributed by atoms with van der Waals surface area (Å²) in [6.07, 6.45) is 4.21. The van der Waals surface area contributed by atoms with Crippen LogP contribution >= 0.6 is 0 Å². The van der Waals surface area contributed by atoms with Crippen LogP contribution in [0.1, 0.15) is 44.9 Å². The molecule has 2 saturated heterocycles. The number of carboxylic acid groups (broad SMARTS) is 1. The van der Waals surface area contributed by atoms with E-state index < -0.39 is 12.3 Å². The summed E-state index contributed by atoms with van der Waals surface area (Å²) in [6, 6.07) is 0. The molecule has 0 bridgehead atoms. The zero-order valence-electron chi connectivity index (χ0n) is 10.2. The molecule has 0 aromatic carbocycles. The van der Waals surface area contributed by atoms with Crippen LogP contribution in [0.5, 0.6) is 0 Å². The number of hydrogen-bond donors (Lipinski definition) is 1. The predicted octanol–water partition coefficient (Wildman–Crippen LogP) is 1.43. The van der Waals surface area contributed by atoms with Crippen molar-refractivity contribution in [3.05, 3.63) is 0 Å². The maximum atomic E-state index is 11.4. The highest BCUT2D eigenvalue weighted by atomic mass is 16.9. The van der Waals surface area contributed by atoms with E-state index in [9.17, 15) is 9.59 Å². The van der Waals surface area contributed by atoms with Crippen LogP contribution in [0.4, 0.5) is 0 Å². The SMILES string of the molecule is O=C(O)CCCCCCCC(=O)OC1OC2OC12. The summed E-state index contributed by atoms with van der Waals surface area (Å²) in [6.45, 7) is 0. The van der Waals surface area contributed by atoms with E-state index in [0.29, 0.717) is 12.8 Å². The summed E-state index contributed by atoms with van der Waals surface area (Å²) < 4.78 is 15.1. The van der Waals surface area contributed by atoms with E-state index in [-0.39, 0.29) is 24.8 Å². The Labute approximate surface area is 105 Å². The number of carbonyl (C=O) groups is 2. The summed E-state index contributed by atoms with van der Waals surface area (Å²) in [5.41, 5.74) is 0. The molecule has 2 fully saturated rings. The monoisotopic (exact) mass is 258 g/mol. The zero-order valence-corrected chi connectivity index (χ0v) is 10.2. The normalized spacial score (nSPS) is 28.1. The number of fused-ring (bicyclic) bond motifs is 1. The Morgan fingerprint density at radius 2 is 1.67 bits per heavy atom. The van der Waals surface area contributed by atoms with Gasteiger partial charge in [0.25, 0.3) is 0 Å². The van der Waals surface area contributed by atoms with Gasteiger partial charge in [0, 0.05) is 12.8 Å². The second kappa shape index (κ2) is 6.15. The molecule has 2 rings (SSSR count). The Morgan fingerprint density at radius 3 is 2.22 bits per heavy atom. The van der Waals surface area contributed by atoms with Gasteiger partial charge in [-0.3, -0.25) is 9.59 Å². The first-order valence-corrected chi connectivity index (χ1v) is 6.39. The van der Waals surface area contributed by atoms with Crippen LogP contribution < -0.4 is 0 Å². The molecule has 6 heteroatoms. The van der Waals surface area contributed by atoms with Gasteiger partial charge < -0.3 is 19.3 Å². The van der Waals surface area contributed by atoms with Crippen LogP contribution in [0.25, 0.3) is 0 Å². The van der Waals surface area contributed by atoms with Gasteiger partial charge in [0.15, 0.2) is 12.4 Å². The Bertz CT molecular complexity index is 316. The van der Waals surface area contributed by atoms with Crippen LogP contribution in [0.3, 0.4) is 0 Å². The van der Waals surface area contributed by atoms with Crippen LogP contribution in [-0.2, 0) is 23.8 Å². The molecule has 3 unspecified atom stereocenters. The van der Waals surface area contributed by atoms with Crippen molar-refractivity contribution in [1.29, 1.82) is 0 Å². The maximum Gasteiger partial charge on any atom is 0.308 e. The van der Waals surface area contributed by atoms with E-state index in [1.54, 1.807) is 0 Å². The van der Waals surface area contributed by atoms with E-state index in [1.165, 1.54) is 0 Å². The second-order valence-electron chi connectivity index (χ2n) is 4.62. The van der Waals surface area contributed by atoms with Gasteiger partial charge in [-0.25, -0.2) is 0 Å². The molecule has 2 aliphatic heterocycles. The Balaban J connectivity index is 1.38. The molecule has 2 heterocycles. The van der Waals surface area contributed by atoms with Gasteiger partial charge in [-0.05, 0) is 12.8 Å². The lowest BCUT2D eigenvalue weighted by molar-refractivity contribution is -0.208. The molecule has 1 N–H and O–H groups in total. The second-order valence-corrected chi connectivity index (χ2v) is 4.62. The van der Waals surface area contributed by atoms with E-state index in [2.05, 4.69) is 0 Å². The maximum absolute atomic E-state index is 11.4. The highest BCUT2D eigenvalue weighted by Gasteiger charge is 2.60. The van der Waals surface area contributed by atoms with E-state index in [4.69, 9.17) is 19.3 Å². The first kappa shape index (κ1) is 13.3. The highest BCUT2D eigenvalue weighted by molar-refractivity contribution is 5.69. The largest absolute Gasteiger partial charge is 0.481 e. The Kier molecular flexibility index (Phi) is 4.54. The molecule has 3 atom stereocenters. The van der Waals surface area contributed by atoms with Crippen LogP contribution in [0, 0.1) is 0 Å². The average Bonchev–Trinajstić information content (AvgIpc) is 2.96. The lowest BCUT2D eigenvalue weighted by Gasteiger charge is -2.20. The molecule has 2 aliphatic rings. The van der Waals surface area contributed by atoms with Crippen molar-refractivity contribution < 1.29 is 28.9 Å². The van der Waals surface area contributed by atoms with Crippen molar-refractivity contribution in [3.63, 3.8) is 0 Å². The minimum atomic E-state index is -0.750. The number of carboxylic acids is 1. The Morgan fingerprint density at radius 1 is 1.00 bits per heavy atom. The van der Waals surface area contributed by atoms with Gasteiger partial charge in [0.1, 0.15) is 0 Å². The number of esters is 1. The third kappa shape index (κ3) is 3.96. The smallest absolute Gasteiger partial charge is 0.308 e. The minimum absolute atomic E-state index is 0.0232. The van der Waals surface area contributed by atoms with E-state index in [0.717, 1.165) is 25.7 Å². The van der Waals surface area contributed by atoms with Crippen molar-refractivity contribution in [2.24, 2.45) is 0 Å². The third-order valence-corrected chi connectivity index (χ3v) is 3.04. The number of carbonyl (C=O) groups excluding carboxylic acids is 1. The first-order valence-electron chi connectivity index (χ1n) is 6.39. The van der Waals surface area contributed by atoms with Gasteiger partial charge in [-0.2, -0.15) is 0 Å². The third-order valence-electron chi connectivity index (χ3n) is 3.04. The summed E-state index contributed by atoms with van der Waals surface area (Å²) in [5, 5.41) is 8.44. The summed E-state index contributed by atoms with van der Waals surface area (Å²) in [7, 11) is 0. The number of epoxide rings is 1. The van der Waals surface area contributed by atoms with Crippen LogP contribution in [0.15, 0.2) is 0 Å². The van der Waals surface area contributed by atoms with Crippen molar-refractivity contribution in [3.8, 4) is 0 Å². The molecule has 0 spiro atoms. The topological polar surface area (TPSA) is 85.4 Å². The molecular formula is C12H18O6. The molecule has 0 radical (unpaired) electrons. The van der Waals surface area contributed by atoms with Crippen molar-refractivity contribution in [2.45, 2.75) is 63.6 Å². The molecular weight excluding hydrogens is 240 g/mol. The average molecular weight is 258 g/mol. The molecule has 18 heavy (non-hydrogen) atoms. The van der Waals surface area contributed by atoms with Crippen molar-refractivity contribution in [1.82, 2.24) is 0 Å². The number of aliphatic carboxylic acids is 1. The molecule has 0 saturated carbocycles. The van der Waals surface area contributed by atoms with Crippen LogP contribution in [0.2, 0.25) is 0 Å². The lowest BCUT2D eigenvalue weighted by Crippen LogP contribution is -2.37. The van der Waals surface area contributed by atoms with Gasteiger partial charge in [0.2, 0.25) is 6.29 Å². The molecule has 0 amide bonds. The van der Waals surface area contributed by atoms with E-state index in [1.807, 2.05) is 0 Å². The molecule has 0 aromatic rings. The van der Waals surface area contributed by atoms with Gasteiger partial charge in [-0.1, -0.05) is 19.3 Å². The number of ether oxygens (including phenoxy) is 3. The fourth-order valence-corrected chi connectivity index (χ4v) is 1.89. The zero-order chi connectivity index (χ0) is 13.0. The molecule has 6 nitrogen and oxygen atoms in total. The molecule has 0 aromatic heterocycles. The lowest BCUT2D eigenvalue weighted by atomic mass is 10.1. The standard InChI is InChI=1S/C12H18O6/c13-8(14)6-4-2-1-3-5-7-9(15)16-11-10-12(17-10)18-11/h10-12H,1-7H2,(H,13,14). The summed E-state index contributed by atoms with van der Waals surface area (Å²) in [4.78, 5) is 21.6. The molecule has 102 valence electrons. The van der Waals surface area contributed by atoms with Crippen molar-refractivity contribution >= 4 is 11.9 Å². The number of hydrogen-bond acceptors (Lipinski definition) is 5. The van der Waals surface area contributed by atoms with E-state index >= 15 is 0 Å².